The number of carbonyl (C=O) groups excluding carboxylic acids is 1. The summed E-state index contributed by atoms with van der Waals surface area (Å²) in [5, 5.41) is 9.13. The molecule has 24 heavy (non-hydrogen) atoms. The molecule has 1 aliphatic heterocycles. The van der Waals surface area contributed by atoms with Crippen molar-refractivity contribution in [3.05, 3.63) is 23.4 Å². The molecule has 130 valence electrons. The monoisotopic (exact) mass is 348 g/mol. The minimum absolute atomic E-state index is 0.0486. The number of hydrogen-bond donors (Lipinski definition) is 1. The second-order valence-corrected chi connectivity index (χ2v) is 7.33. The quantitative estimate of drug-likeness (QED) is 0.869. The summed E-state index contributed by atoms with van der Waals surface area (Å²) in [5.41, 5.74) is 0. The van der Waals surface area contributed by atoms with Gasteiger partial charge in [0, 0.05) is 12.6 Å². The van der Waals surface area contributed by atoms with Gasteiger partial charge in [-0.3, -0.25) is 9.69 Å². The Hall–Kier alpha value is -1.73. The molecular weight excluding hydrogens is 324 g/mol. The molecule has 3 rings (SSSR count). The molecule has 0 spiro atoms. The molecule has 0 aliphatic carbocycles. The molecule has 0 radical (unpaired) electrons. The van der Waals surface area contributed by atoms with Gasteiger partial charge in [-0.2, -0.15) is 4.98 Å². The lowest BCUT2D eigenvalue weighted by atomic mass is 9.96. The van der Waals surface area contributed by atoms with Crippen LogP contribution in [0.4, 0.5) is 0 Å². The van der Waals surface area contributed by atoms with Gasteiger partial charge in [-0.25, -0.2) is 0 Å². The highest BCUT2D eigenvalue weighted by Crippen LogP contribution is 2.23. The number of carbonyl (C=O) groups is 1. The first-order chi connectivity index (χ1) is 11.7. The molecule has 1 N–H and O–H groups in total. The fourth-order valence-electron chi connectivity index (χ4n) is 2.89. The Kier molecular flexibility index (Phi) is 5.63. The molecule has 2 unspecified atom stereocenters. The van der Waals surface area contributed by atoms with Crippen LogP contribution in [0.2, 0.25) is 0 Å². The van der Waals surface area contributed by atoms with Crippen LogP contribution in [-0.2, 0) is 11.3 Å². The standard InChI is InChI=1S/C17H24N4O2S/c1-3-12(2)18-17(22)13-6-4-8-21(10-13)11-15-19-16(20-23-15)14-7-5-9-24-14/h5,7,9,12-13H,3-4,6,8,10-11H2,1-2H3,(H,18,22). The van der Waals surface area contributed by atoms with Gasteiger partial charge in [-0.15, -0.1) is 11.3 Å². The van der Waals surface area contributed by atoms with Crippen molar-refractivity contribution in [2.75, 3.05) is 13.1 Å². The predicted octanol–water partition coefficient (Wildman–Crippen LogP) is 2.92. The van der Waals surface area contributed by atoms with Crippen LogP contribution in [-0.4, -0.2) is 40.1 Å². The van der Waals surface area contributed by atoms with E-state index in [1.165, 1.54) is 0 Å². The van der Waals surface area contributed by atoms with Gasteiger partial charge < -0.3 is 9.84 Å². The van der Waals surface area contributed by atoms with E-state index in [9.17, 15) is 4.79 Å². The number of thiophene rings is 1. The predicted molar refractivity (Wildman–Crippen MR) is 93.5 cm³/mol. The van der Waals surface area contributed by atoms with Gasteiger partial charge in [-0.05, 0) is 44.2 Å². The SMILES string of the molecule is CCC(C)NC(=O)C1CCCN(Cc2nc(-c3cccs3)no2)C1. The van der Waals surface area contributed by atoms with Crippen LogP contribution >= 0.6 is 11.3 Å². The molecule has 3 heterocycles. The van der Waals surface area contributed by atoms with Crippen molar-refractivity contribution < 1.29 is 9.32 Å². The van der Waals surface area contributed by atoms with Crippen molar-refractivity contribution in [1.82, 2.24) is 20.4 Å². The summed E-state index contributed by atoms with van der Waals surface area (Å²) in [6, 6.07) is 4.19. The van der Waals surface area contributed by atoms with E-state index in [0.717, 1.165) is 37.2 Å². The van der Waals surface area contributed by atoms with Crippen molar-refractivity contribution in [2.24, 2.45) is 5.92 Å². The van der Waals surface area contributed by atoms with Crippen molar-refractivity contribution in [2.45, 2.75) is 45.7 Å². The fraction of sp³-hybridized carbons (Fsp3) is 0.588. The average molecular weight is 348 g/mol. The average Bonchev–Trinajstić information content (AvgIpc) is 3.26. The van der Waals surface area contributed by atoms with Crippen molar-refractivity contribution >= 4 is 17.2 Å². The second kappa shape index (κ2) is 7.90. The zero-order valence-electron chi connectivity index (χ0n) is 14.2. The normalized spacial score (nSPS) is 20.0. The summed E-state index contributed by atoms with van der Waals surface area (Å²) in [6.45, 7) is 6.44. The number of rotatable bonds is 6. The van der Waals surface area contributed by atoms with E-state index in [-0.39, 0.29) is 17.9 Å². The number of nitrogens with one attached hydrogen (secondary N) is 1. The summed E-state index contributed by atoms with van der Waals surface area (Å²) in [5.74, 6) is 1.47. The number of likely N-dealkylation sites (tertiary alicyclic amines) is 1. The van der Waals surface area contributed by atoms with Crippen LogP contribution in [0.1, 0.15) is 39.0 Å². The molecule has 0 aromatic carbocycles. The van der Waals surface area contributed by atoms with Crippen LogP contribution in [0.15, 0.2) is 22.0 Å². The lowest BCUT2D eigenvalue weighted by Gasteiger charge is -2.31. The highest BCUT2D eigenvalue weighted by Gasteiger charge is 2.27. The molecule has 2 atom stereocenters. The molecule has 2 aromatic rings. The van der Waals surface area contributed by atoms with Crippen molar-refractivity contribution in [3.8, 4) is 10.7 Å². The number of aromatic nitrogens is 2. The molecular formula is C17H24N4O2S. The lowest BCUT2D eigenvalue weighted by Crippen LogP contribution is -2.44. The van der Waals surface area contributed by atoms with Gasteiger partial charge in [0.2, 0.25) is 17.6 Å². The summed E-state index contributed by atoms with van der Waals surface area (Å²) in [4.78, 5) is 20.0. The number of piperidine rings is 1. The third kappa shape index (κ3) is 4.21. The number of hydrogen-bond acceptors (Lipinski definition) is 6. The Balaban J connectivity index is 1.56. The largest absolute Gasteiger partial charge is 0.353 e. The summed E-state index contributed by atoms with van der Waals surface area (Å²) in [7, 11) is 0. The Bertz CT molecular complexity index is 655. The fourth-order valence-corrected chi connectivity index (χ4v) is 3.54. The van der Waals surface area contributed by atoms with Crippen molar-refractivity contribution in [1.29, 1.82) is 0 Å². The first-order valence-corrected chi connectivity index (χ1v) is 9.43. The molecule has 7 heteroatoms. The molecule has 0 saturated carbocycles. The summed E-state index contributed by atoms with van der Waals surface area (Å²) in [6.07, 6.45) is 2.92. The molecule has 1 fully saturated rings. The summed E-state index contributed by atoms with van der Waals surface area (Å²) < 4.78 is 5.37. The van der Waals surface area contributed by atoms with E-state index in [1.54, 1.807) is 11.3 Å². The van der Waals surface area contributed by atoms with E-state index in [4.69, 9.17) is 4.52 Å². The molecule has 1 saturated heterocycles. The molecule has 2 aromatic heterocycles. The third-order valence-electron chi connectivity index (χ3n) is 4.45. The Morgan fingerprint density at radius 1 is 1.58 bits per heavy atom. The smallest absolute Gasteiger partial charge is 0.241 e. The van der Waals surface area contributed by atoms with Gasteiger partial charge in [0.25, 0.3) is 0 Å². The number of amides is 1. The van der Waals surface area contributed by atoms with Crippen LogP contribution in [0.3, 0.4) is 0 Å². The topological polar surface area (TPSA) is 71.3 Å². The Morgan fingerprint density at radius 2 is 2.46 bits per heavy atom. The van der Waals surface area contributed by atoms with Crippen LogP contribution < -0.4 is 5.32 Å². The van der Waals surface area contributed by atoms with Crippen LogP contribution in [0.5, 0.6) is 0 Å². The Morgan fingerprint density at radius 3 is 3.21 bits per heavy atom. The molecule has 6 nitrogen and oxygen atoms in total. The lowest BCUT2D eigenvalue weighted by molar-refractivity contribution is -0.127. The minimum atomic E-state index is 0.0486. The maximum atomic E-state index is 12.3. The van der Waals surface area contributed by atoms with Gasteiger partial charge in [0.05, 0.1) is 17.3 Å². The van der Waals surface area contributed by atoms with Gasteiger partial charge in [0.1, 0.15) is 0 Å². The molecule has 0 bridgehead atoms. The van der Waals surface area contributed by atoms with Crippen molar-refractivity contribution in [3.63, 3.8) is 0 Å². The zero-order chi connectivity index (χ0) is 16.9. The van der Waals surface area contributed by atoms with E-state index in [0.29, 0.717) is 18.3 Å². The minimum Gasteiger partial charge on any atom is -0.353 e. The second-order valence-electron chi connectivity index (χ2n) is 6.38. The van der Waals surface area contributed by atoms with E-state index >= 15 is 0 Å². The first kappa shape index (κ1) is 17.1. The van der Waals surface area contributed by atoms with Crippen LogP contribution in [0.25, 0.3) is 10.7 Å². The highest BCUT2D eigenvalue weighted by atomic mass is 32.1. The third-order valence-corrected chi connectivity index (χ3v) is 5.31. The van der Waals surface area contributed by atoms with E-state index in [1.807, 2.05) is 24.4 Å². The van der Waals surface area contributed by atoms with E-state index < -0.39 is 0 Å². The Labute approximate surface area is 146 Å². The zero-order valence-corrected chi connectivity index (χ0v) is 15.0. The maximum absolute atomic E-state index is 12.3. The maximum Gasteiger partial charge on any atom is 0.241 e. The van der Waals surface area contributed by atoms with Gasteiger partial charge in [-0.1, -0.05) is 18.1 Å². The summed E-state index contributed by atoms with van der Waals surface area (Å²) >= 11 is 1.60. The molecule has 1 aliphatic rings. The van der Waals surface area contributed by atoms with Gasteiger partial charge >= 0.3 is 0 Å². The van der Waals surface area contributed by atoms with Crippen LogP contribution in [0, 0.1) is 5.92 Å². The van der Waals surface area contributed by atoms with E-state index in [2.05, 4.69) is 27.3 Å². The first-order valence-electron chi connectivity index (χ1n) is 8.55. The van der Waals surface area contributed by atoms with Gasteiger partial charge in [0.15, 0.2) is 0 Å². The number of nitrogens with zero attached hydrogens (tertiary/aromatic N) is 3. The molecule has 1 amide bonds. The highest BCUT2D eigenvalue weighted by molar-refractivity contribution is 7.13.